The average molecular weight is 144 g/mol. The summed E-state index contributed by atoms with van der Waals surface area (Å²) in [4.78, 5) is 0. The van der Waals surface area contributed by atoms with E-state index in [1.54, 1.807) is 0 Å². The van der Waals surface area contributed by atoms with Crippen molar-refractivity contribution in [2.45, 2.75) is 26.2 Å². The molecule has 0 aromatic carbocycles. The van der Waals surface area contributed by atoms with Gasteiger partial charge in [-0.3, -0.25) is 0 Å². The molecule has 0 radical (unpaired) electrons. The fourth-order valence-corrected chi connectivity index (χ4v) is 2.18. The minimum absolute atomic E-state index is 0.344. The molecule has 0 aromatic rings. The minimum Gasteiger partial charge on any atom is -0.109 e. The lowest BCUT2D eigenvalue weighted by Crippen LogP contribution is -1.78. The highest BCUT2D eigenvalue weighted by molar-refractivity contribution is 6.92. The number of hydrogen-bond donors (Lipinski definition) is 0. The predicted molar refractivity (Wildman–Crippen MR) is 47.1 cm³/mol. The van der Waals surface area contributed by atoms with Crippen LogP contribution in [-0.4, -0.2) is 18.8 Å². The van der Waals surface area contributed by atoms with Crippen LogP contribution in [0, 0.1) is 0 Å². The third-order valence-electron chi connectivity index (χ3n) is 1.13. The molecule has 0 atom stereocenters. The first kappa shape index (κ1) is 8.17. The van der Waals surface area contributed by atoms with Gasteiger partial charge in [-0.05, 0) is 16.2 Å². The van der Waals surface area contributed by atoms with Gasteiger partial charge < -0.3 is 0 Å². The first-order valence-electron chi connectivity index (χ1n) is 3.56. The summed E-state index contributed by atoms with van der Waals surface area (Å²) in [7, 11) is 1.80. The lowest BCUT2D eigenvalue weighted by atomic mass is 10.2. The molecular weight excluding hydrogens is 128 g/mol. The van der Waals surface area contributed by atoms with Gasteiger partial charge in [0.15, 0.2) is 0 Å². The fourth-order valence-electron chi connectivity index (χ4n) is 0.606. The van der Waals surface area contributed by atoms with Crippen LogP contribution in [0.4, 0.5) is 0 Å². The van der Waals surface area contributed by atoms with Crippen molar-refractivity contribution in [2.75, 3.05) is 0 Å². The van der Waals surface area contributed by atoms with E-state index in [0.29, 0.717) is 9.04 Å². The van der Waals surface area contributed by atoms with Crippen molar-refractivity contribution in [3.05, 3.63) is 11.8 Å². The van der Waals surface area contributed by atoms with Gasteiger partial charge in [-0.15, -0.1) is 5.70 Å². The first-order chi connectivity index (χ1) is 3.91. The van der Waals surface area contributed by atoms with E-state index in [4.69, 9.17) is 0 Å². The van der Waals surface area contributed by atoms with Crippen molar-refractivity contribution in [3.8, 4) is 0 Å². The van der Waals surface area contributed by atoms with Crippen molar-refractivity contribution in [3.63, 3.8) is 0 Å². The second kappa shape index (κ2) is 7.17. The molecule has 0 aromatic heterocycles. The van der Waals surface area contributed by atoms with Crippen LogP contribution in [0.15, 0.2) is 11.8 Å². The van der Waals surface area contributed by atoms with Crippen LogP contribution in [0.3, 0.4) is 0 Å². The van der Waals surface area contributed by atoms with Gasteiger partial charge in [0.25, 0.3) is 0 Å². The smallest absolute Gasteiger partial charge is 0.0288 e. The van der Waals surface area contributed by atoms with Crippen LogP contribution in [0.5, 0.6) is 0 Å². The lowest BCUT2D eigenvalue weighted by Gasteiger charge is -1.85. The van der Waals surface area contributed by atoms with E-state index in [-0.39, 0.29) is 0 Å². The Bertz CT molecular complexity index is 59.5. The van der Waals surface area contributed by atoms with Gasteiger partial charge in [0.05, 0.1) is 0 Å². The van der Waals surface area contributed by atoms with Crippen molar-refractivity contribution in [1.82, 2.24) is 0 Å². The minimum atomic E-state index is 0.344. The Labute approximate surface area is 57.4 Å². The molecule has 0 fully saturated rings. The number of unbranched alkanes of at least 4 members (excludes halogenated alkanes) is 2. The van der Waals surface area contributed by atoms with Crippen molar-refractivity contribution in [1.29, 1.82) is 0 Å². The Balaban J connectivity index is 2.80. The summed E-state index contributed by atoms with van der Waals surface area (Å²) in [6.45, 7) is 2.24. The topological polar surface area (TPSA) is 0 Å². The molecule has 48 valence electrons. The zero-order chi connectivity index (χ0) is 6.24. The quantitative estimate of drug-likeness (QED) is 0.389. The molecule has 2 heteroatoms. The molecule has 0 amide bonds. The van der Waals surface area contributed by atoms with Gasteiger partial charge in [0.1, 0.15) is 0 Å². The summed E-state index contributed by atoms with van der Waals surface area (Å²) in [5.41, 5.74) is 2.43. The van der Waals surface area contributed by atoms with E-state index >= 15 is 0 Å². The van der Waals surface area contributed by atoms with E-state index in [1.165, 1.54) is 29.0 Å². The van der Waals surface area contributed by atoms with Crippen LogP contribution < -0.4 is 0 Å². The Kier molecular flexibility index (Phi) is 7.33. The normalized spacial score (nSPS) is 12.6. The second-order valence-corrected chi connectivity index (χ2v) is 5.76. The maximum absolute atomic E-state index is 2.43. The van der Waals surface area contributed by atoms with Gasteiger partial charge >= 0.3 is 0 Å². The van der Waals surface area contributed by atoms with E-state index in [9.17, 15) is 0 Å². The fraction of sp³-hybridized carbons (Fsp3) is 0.667. The zero-order valence-electron chi connectivity index (χ0n) is 5.98. The zero-order valence-corrected chi connectivity index (χ0v) is 9.40. The van der Waals surface area contributed by atoms with Crippen LogP contribution in [-0.2, 0) is 0 Å². The van der Waals surface area contributed by atoms with Crippen LogP contribution in [0.1, 0.15) is 26.2 Å². The molecule has 0 rings (SSSR count). The van der Waals surface area contributed by atoms with E-state index < -0.39 is 0 Å². The van der Waals surface area contributed by atoms with Crippen molar-refractivity contribution < 1.29 is 0 Å². The highest BCUT2D eigenvalue weighted by Crippen LogP contribution is 1.93. The molecule has 0 aliphatic carbocycles. The molecule has 0 nitrogen and oxygen atoms in total. The first-order valence-corrected chi connectivity index (χ1v) is 10.0. The molecule has 0 unspecified atom stereocenters. The summed E-state index contributed by atoms with van der Waals surface area (Å²) in [5, 5.41) is 0. The largest absolute Gasteiger partial charge is 0.109 e. The maximum atomic E-state index is 2.43. The lowest BCUT2D eigenvalue weighted by molar-refractivity contribution is 0.815. The number of rotatable bonds is 4. The van der Waals surface area contributed by atoms with Crippen LogP contribution in [0.25, 0.3) is 0 Å². The molecule has 0 saturated carbocycles. The summed E-state index contributed by atoms with van der Waals surface area (Å²) in [5.74, 6) is 0. The Morgan fingerprint density at radius 1 is 1.62 bits per heavy atom. The number of allylic oxidation sites excluding steroid dienone is 1. The van der Waals surface area contributed by atoms with Gasteiger partial charge in [-0.2, -0.15) is 0 Å². The molecule has 0 spiro atoms. The van der Waals surface area contributed by atoms with Crippen molar-refractivity contribution in [2.24, 2.45) is 0 Å². The Hall–Kier alpha value is 0.174. The van der Waals surface area contributed by atoms with Gasteiger partial charge in [0, 0.05) is 9.04 Å². The molecule has 0 saturated heterocycles. The Morgan fingerprint density at radius 3 is 2.88 bits per heavy atom. The molecule has 0 bridgehead atoms. The van der Waals surface area contributed by atoms with E-state index in [2.05, 4.69) is 18.7 Å². The maximum Gasteiger partial charge on any atom is 0.0288 e. The average Bonchev–Trinajstić information content (AvgIpc) is 1.81. The van der Waals surface area contributed by atoms with Gasteiger partial charge in [-0.1, -0.05) is 25.8 Å². The van der Waals surface area contributed by atoms with E-state index in [1.807, 2.05) is 0 Å². The standard InChI is InChI=1S/C6H16Si2/c1-2-3-4-5-6-8-7/h5-6H,2-4,8H2,1,7H3. The Morgan fingerprint density at radius 2 is 2.38 bits per heavy atom. The summed E-state index contributed by atoms with van der Waals surface area (Å²) in [6, 6.07) is 0. The molecule has 0 aliphatic rings. The molecular formula is C6H16Si2. The molecule has 0 heterocycles. The molecule has 8 heavy (non-hydrogen) atoms. The highest BCUT2D eigenvalue weighted by atomic mass is 29.1. The second-order valence-electron chi connectivity index (χ2n) is 2.02. The third kappa shape index (κ3) is 6.17. The van der Waals surface area contributed by atoms with Crippen molar-refractivity contribution >= 4 is 18.8 Å². The third-order valence-corrected chi connectivity index (χ3v) is 3.35. The molecule has 0 aliphatic heterocycles. The van der Waals surface area contributed by atoms with Gasteiger partial charge in [-0.25, -0.2) is 0 Å². The highest BCUT2D eigenvalue weighted by Gasteiger charge is 1.74. The SMILES string of the molecule is CCCCC=C[SiH2][SiH3]. The number of hydrogen-bond acceptors (Lipinski definition) is 0. The summed E-state index contributed by atoms with van der Waals surface area (Å²) >= 11 is 0. The van der Waals surface area contributed by atoms with Gasteiger partial charge in [0.2, 0.25) is 0 Å². The van der Waals surface area contributed by atoms with Crippen LogP contribution in [0.2, 0.25) is 0 Å². The van der Waals surface area contributed by atoms with Crippen LogP contribution >= 0.6 is 0 Å². The summed E-state index contributed by atoms with van der Waals surface area (Å²) in [6.07, 6.45) is 6.41. The van der Waals surface area contributed by atoms with E-state index in [0.717, 1.165) is 0 Å². The predicted octanol–water partition coefficient (Wildman–Crippen LogP) is 0.139. The monoisotopic (exact) mass is 144 g/mol. The summed E-state index contributed by atoms with van der Waals surface area (Å²) < 4.78 is 0. The molecule has 0 N–H and O–H groups in total.